The summed E-state index contributed by atoms with van der Waals surface area (Å²) in [6, 6.07) is 4.43. The first kappa shape index (κ1) is 26.0. The van der Waals surface area contributed by atoms with Crippen molar-refractivity contribution in [2.24, 2.45) is 12.0 Å². The Hall–Kier alpha value is -2.59. The third-order valence-corrected chi connectivity index (χ3v) is 5.64. The first-order chi connectivity index (χ1) is 15.8. The van der Waals surface area contributed by atoms with E-state index >= 15 is 0 Å². The van der Waals surface area contributed by atoms with Crippen LogP contribution in [-0.4, -0.2) is 45.8 Å². The Labute approximate surface area is 196 Å². The molecule has 1 aliphatic heterocycles. The maximum Gasteiger partial charge on any atom is 0.416 e. The molecular formula is C24H32F3N3O4. The average molecular weight is 484 g/mol. The van der Waals surface area contributed by atoms with Gasteiger partial charge in [0.05, 0.1) is 29.9 Å². The molecule has 10 heteroatoms. The zero-order valence-electron chi connectivity index (χ0n) is 20.1. The van der Waals surface area contributed by atoms with E-state index in [1.54, 1.807) is 6.07 Å². The van der Waals surface area contributed by atoms with Gasteiger partial charge < -0.3 is 14.6 Å². The number of rotatable bonds is 6. The average Bonchev–Trinajstić information content (AvgIpc) is 3.34. The van der Waals surface area contributed by atoms with Crippen molar-refractivity contribution in [3.63, 3.8) is 0 Å². The van der Waals surface area contributed by atoms with Crippen molar-refractivity contribution in [2.45, 2.75) is 70.9 Å². The quantitative estimate of drug-likeness (QED) is 0.678. The lowest BCUT2D eigenvalue weighted by molar-refractivity contribution is -0.137. The van der Waals surface area contributed by atoms with Crippen molar-refractivity contribution in [2.75, 3.05) is 13.2 Å². The van der Waals surface area contributed by atoms with Crippen LogP contribution in [0.1, 0.15) is 62.2 Å². The van der Waals surface area contributed by atoms with E-state index in [-0.39, 0.29) is 29.4 Å². The molecule has 0 unspecified atom stereocenters. The van der Waals surface area contributed by atoms with Crippen LogP contribution in [0.2, 0.25) is 0 Å². The van der Waals surface area contributed by atoms with Gasteiger partial charge in [0, 0.05) is 30.8 Å². The second-order valence-electron chi connectivity index (χ2n) is 9.66. The van der Waals surface area contributed by atoms with Crippen molar-refractivity contribution in [1.29, 1.82) is 0 Å². The summed E-state index contributed by atoms with van der Waals surface area (Å²) in [5.74, 6) is -0.931. The van der Waals surface area contributed by atoms with Gasteiger partial charge in [0.1, 0.15) is 12.4 Å². The summed E-state index contributed by atoms with van der Waals surface area (Å²) in [4.78, 5) is 17.4. The number of nitrogens with zero attached hydrogens (tertiary/aromatic N) is 3. The highest BCUT2D eigenvalue weighted by molar-refractivity contribution is 5.97. The van der Waals surface area contributed by atoms with E-state index in [1.165, 1.54) is 6.92 Å². The Balaban J connectivity index is 2.10. The number of hydrogen-bond acceptors (Lipinski definition) is 4. The monoisotopic (exact) mass is 483 g/mol. The first-order valence-corrected chi connectivity index (χ1v) is 11.3. The Morgan fingerprint density at radius 2 is 2.00 bits per heavy atom. The molecule has 3 rings (SSSR count). The van der Waals surface area contributed by atoms with Gasteiger partial charge in [-0.3, -0.25) is 14.2 Å². The van der Waals surface area contributed by atoms with Crippen molar-refractivity contribution in [3.8, 4) is 5.75 Å². The summed E-state index contributed by atoms with van der Waals surface area (Å²) in [7, 11) is 1.86. The number of carbonyl (C=O) groups is 1. The van der Waals surface area contributed by atoms with Gasteiger partial charge >= 0.3 is 6.18 Å². The summed E-state index contributed by atoms with van der Waals surface area (Å²) in [6.07, 6.45) is -3.71. The molecule has 0 bridgehead atoms. The standard InChI is InChI=1S/C24H32F3N3O4/c1-15(31)14-34-19-9-8-16(24(25,26)27)11-18(19)22(32)28-21-12-20(23(2,3)4)29(5)30(21)13-17-7-6-10-33-17/h8-9,11-12,15,17,31H,6-7,10,13-14H2,1-5H3/t15-,17+/m0/s1. The number of alkyl halides is 3. The highest BCUT2D eigenvalue weighted by Crippen LogP contribution is 2.33. The number of hydrogen-bond donors (Lipinski definition) is 1. The minimum atomic E-state index is -4.64. The van der Waals surface area contributed by atoms with Gasteiger partial charge in [0.15, 0.2) is 5.49 Å². The zero-order chi connectivity index (χ0) is 25.3. The number of amides is 1. The van der Waals surface area contributed by atoms with Crippen molar-refractivity contribution in [1.82, 2.24) is 9.36 Å². The molecule has 7 nitrogen and oxygen atoms in total. The number of benzene rings is 1. The van der Waals surface area contributed by atoms with E-state index in [1.807, 2.05) is 37.2 Å². The lowest BCUT2D eigenvalue weighted by atomic mass is 9.92. The predicted molar refractivity (Wildman–Crippen MR) is 120 cm³/mol. The second kappa shape index (κ2) is 9.95. The number of halogens is 3. The number of aromatic nitrogens is 2. The molecular weight excluding hydrogens is 451 g/mol. The summed E-state index contributed by atoms with van der Waals surface area (Å²) < 4.78 is 54.9. The van der Waals surface area contributed by atoms with Gasteiger partial charge in [-0.15, -0.1) is 0 Å². The van der Waals surface area contributed by atoms with Gasteiger partial charge in [-0.1, -0.05) is 20.8 Å². The topological polar surface area (TPSA) is 78.0 Å². The van der Waals surface area contributed by atoms with Crippen LogP contribution in [-0.2, 0) is 29.9 Å². The summed E-state index contributed by atoms with van der Waals surface area (Å²) in [6.45, 7) is 8.51. The minimum Gasteiger partial charge on any atom is -0.490 e. The fourth-order valence-corrected chi connectivity index (χ4v) is 3.94. The lowest BCUT2D eigenvalue weighted by Gasteiger charge is -2.21. The molecule has 1 aliphatic rings. The number of carbonyl (C=O) groups excluding carboxylic acids is 1. The van der Waals surface area contributed by atoms with E-state index < -0.39 is 23.8 Å². The van der Waals surface area contributed by atoms with Crippen LogP contribution in [0.5, 0.6) is 5.75 Å². The molecule has 34 heavy (non-hydrogen) atoms. The summed E-state index contributed by atoms with van der Waals surface area (Å²) in [5, 5.41) is 9.51. The molecule has 0 radical (unpaired) electrons. The fraction of sp³-hybridized carbons (Fsp3) is 0.583. The van der Waals surface area contributed by atoms with Crippen LogP contribution in [0.3, 0.4) is 0 Å². The predicted octanol–water partition coefficient (Wildman–Crippen LogP) is 3.82. The molecule has 1 fully saturated rings. The third kappa shape index (κ3) is 6.09. The summed E-state index contributed by atoms with van der Waals surface area (Å²) >= 11 is 0. The molecule has 1 aromatic carbocycles. The zero-order valence-corrected chi connectivity index (χ0v) is 20.1. The van der Waals surface area contributed by atoms with E-state index in [4.69, 9.17) is 9.47 Å². The Bertz CT molecular complexity index is 1090. The van der Waals surface area contributed by atoms with Crippen molar-refractivity contribution in [3.05, 3.63) is 46.6 Å². The Morgan fingerprint density at radius 3 is 2.56 bits per heavy atom. The van der Waals surface area contributed by atoms with Gasteiger partial charge in [-0.2, -0.15) is 18.2 Å². The number of ether oxygens (including phenoxy) is 2. The highest BCUT2D eigenvalue weighted by Gasteiger charge is 2.32. The largest absolute Gasteiger partial charge is 0.490 e. The lowest BCUT2D eigenvalue weighted by Crippen LogP contribution is -2.30. The third-order valence-electron chi connectivity index (χ3n) is 5.64. The van der Waals surface area contributed by atoms with Crippen LogP contribution < -0.4 is 10.2 Å². The first-order valence-electron chi connectivity index (χ1n) is 11.3. The molecule has 188 valence electrons. The van der Waals surface area contributed by atoms with Gasteiger partial charge in [0.2, 0.25) is 0 Å². The van der Waals surface area contributed by atoms with Gasteiger partial charge in [-0.05, 0) is 38.0 Å². The van der Waals surface area contributed by atoms with Crippen LogP contribution >= 0.6 is 0 Å². The molecule has 1 aromatic heterocycles. The molecule has 0 spiro atoms. The smallest absolute Gasteiger partial charge is 0.416 e. The van der Waals surface area contributed by atoms with Crippen molar-refractivity contribution >= 4 is 5.91 Å². The normalized spacial score (nSPS) is 18.4. The Morgan fingerprint density at radius 1 is 1.29 bits per heavy atom. The fourth-order valence-electron chi connectivity index (χ4n) is 3.94. The van der Waals surface area contributed by atoms with Crippen LogP contribution in [0.4, 0.5) is 13.2 Å². The molecule has 1 N–H and O–H groups in total. The molecule has 2 atom stereocenters. The van der Waals surface area contributed by atoms with Crippen LogP contribution in [0.25, 0.3) is 0 Å². The van der Waals surface area contributed by atoms with E-state index in [0.29, 0.717) is 18.6 Å². The minimum absolute atomic E-state index is 0.0334. The maximum atomic E-state index is 13.3. The van der Waals surface area contributed by atoms with Crippen LogP contribution in [0, 0.1) is 0 Å². The molecule has 2 aromatic rings. The molecule has 0 saturated carbocycles. The Kier molecular flexibility index (Phi) is 7.62. The van der Waals surface area contributed by atoms with E-state index in [9.17, 15) is 23.1 Å². The summed E-state index contributed by atoms with van der Waals surface area (Å²) in [5.41, 5.74) is -0.323. The van der Waals surface area contributed by atoms with E-state index in [0.717, 1.165) is 36.7 Å². The molecule has 2 heterocycles. The number of aliphatic hydroxyl groups is 1. The van der Waals surface area contributed by atoms with Gasteiger partial charge in [-0.25, -0.2) is 0 Å². The highest BCUT2D eigenvalue weighted by atomic mass is 19.4. The van der Waals surface area contributed by atoms with Crippen molar-refractivity contribution < 1.29 is 32.5 Å². The van der Waals surface area contributed by atoms with E-state index in [2.05, 4.69) is 4.99 Å². The SMILES string of the molecule is C[C@H](O)COc1ccc(C(F)(F)F)cc1C(=O)N=c1cc(C(C)(C)C)n(C)n1C[C@H]1CCCO1. The molecule has 1 amide bonds. The van der Waals surface area contributed by atoms with Gasteiger partial charge in [0.25, 0.3) is 5.91 Å². The number of aliphatic hydroxyl groups excluding tert-OH is 1. The molecule has 0 aliphatic carbocycles. The maximum absolute atomic E-state index is 13.3. The second-order valence-corrected chi connectivity index (χ2v) is 9.66. The van der Waals surface area contributed by atoms with Crippen LogP contribution in [0.15, 0.2) is 29.3 Å². The molecule has 1 saturated heterocycles.